The zero-order valence-corrected chi connectivity index (χ0v) is 10.7. The van der Waals surface area contributed by atoms with Crippen LogP contribution in [-0.2, 0) is 11.2 Å². The lowest BCUT2D eigenvalue weighted by Gasteiger charge is -2.07. The molecule has 2 aromatic rings. The van der Waals surface area contributed by atoms with Crippen LogP contribution in [0.15, 0.2) is 17.8 Å². The van der Waals surface area contributed by atoms with Crippen LogP contribution in [-0.4, -0.2) is 28.5 Å². The number of hydrogen-bond acceptors (Lipinski definition) is 4. The first-order valence-corrected chi connectivity index (χ1v) is 6.41. The Morgan fingerprint density at radius 3 is 3.20 bits per heavy atom. The molecule has 2 aromatic heterocycles. The lowest BCUT2D eigenvalue weighted by Crippen LogP contribution is -2.11. The third kappa shape index (κ3) is 2.53. The minimum atomic E-state index is 0.308. The largest absolute Gasteiger partial charge is 0.384 e. The standard InChI is InChI=1S/C10H11BrN2OS/c1-14-5-7(11)4-9-10-8(2-3-15-10)12-6-13-9/h2-3,6-7H,4-5H2,1H3. The summed E-state index contributed by atoms with van der Waals surface area (Å²) in [6, 6.07) is 2.02. The van der Waals surface area contributed by atoms with E-state index in [0.717, 1.165) is 17.6 Å². The summed E-state index contributed by atoms with van der Waals surface area (Å²) in [5.41, 5.74) is 2.12. The Kier molecular flexibility index (Phi) is 3.66. The quantitative estimate of drug-likeness (QED) is 0.811. The molecule has 0 aromatic carbocycles. The number of thiophene rings is 1. The number of halogens is 1. The topological polar surface area (TPSA) is 35.0 Å². The summed E-state index contributed by atoms with van der Waals surface area (Å²) < 4.78 is 6.26. The summed E-state index contributed by atoms with van der Waals surface area (Å²) in [6.45, 7) is 0.691. The smallest absolute Gasteiger partial charge is 0.116 e. The van der Waals surface area contributed by atoms with Crippen LogP contribution in [0.3, 0.4) is 0 Å². The van der Waals surface area contributed by atoms with Crippen LogP contribution < -0.4 is 0 Å². The third-order valence-corrected chi connectivity index (χ3v) is 3.62. The molecule has 0 amide bonds. The van der Waals surface area contributed by atoms with Crippen molar-refractivity contribution in [3.05, 3.63) is 23.5 Å². The molecule has 2 heterocycles. The predicted molar refractivity (Wildman–Crippen MR) is 65.7 cm³/mol. The molecule has 1 atom stereocenters. The van der Waals surface area contributed by atoms with Gasteiger partial charge in [-0.3, -0.25) is 0 Å². The van der Waals surface area contributed by atoms with E-state index >= 15 is 0 Å². The van der Waals surface area contributed by atoms with Crippen molar-refractivity contribution in [1.82, 2.24) is 9.97 Å². The van der Waals surface area contributed by atoms with E-state index in [1.165, 1.54) is 4.70 Å². The lowest BCUT2D eigenvalue weighted by atomic mass is 10.2. The number of fused-ring (bicyclic) bond motifs is 1. The summed E-state index contributed by atoms with van der Waals surface area (Å²) in [4.78, 5) is 8.83. The lowest BCUT2D eigenvalue weighted by molar-refractivity contribution is 0.200. The Morgan fingerprint density at radius 2 is 2.40 bits per heavy atom. The average molecular weight is 287 g/mol. The first-order valence-electron chi connectivity index (χ1n) is 4.61. The SMILES string of the molecule is COCC(Br)Cc1ncnc2ccsc12. The van der Waals surface area contributed by atoms with Gasteiger partial charge >= 0.3 is 0 Å². The molecule has 0 spiro atoms. The van der Waals surface area contributed by atoms with Crippen molar-refractivity contribution in [2.75, 3.05) is 13.7 Å². The Hall–Kier alpha value is -0.520. The number of alkyl halides is 1. The Morgan fingerprint density at radius 1 is 1.53 bits per heavy atom. The molecule has 0 bridgehead atoms. The molecule has 0 aliphatic heterocycles. The highest BCUT2D eigenvalue weighted by Gasteiger charge is 2.10. The highest BCUT2D eigenvalue weighted by Crippen LogP contribution is 2.23. The van der Waals surface area contributed by atoms with Crippen LogP contribution in [0.25, 0.3) is 10.2 Å². The fourth-order valence-electron chi connectivity index (χ4n) is 1.43. The van der Waals surface area contributed by atoms with Crippen LogP contribution in [0, 0.1) is 0 Å². The second-order valence-corrected chi connectivity index (χ2v) is 5.42. The molecule has 2 rings (SSSR count). The maximum atomic E-state index is 5.08. The number of nitrogens with zero attached hydrogens (tertiary/aromatic N) is 2. The molecular formula is C10H11BrN2OS. The van der Waals surface area contributed by atoms with Crippen LogP contribution >= 0.6 is 27.3 Å². The molecule has 0 fully saturated rings. The van der Waals surface area contributed by atoms with Crippen molar-refractivity contribution in [2.45, 2.75) is 11.2 Å². The van der Waals surface area contributed by atoms with Gasteiger partial charge < -0.3 is 4.74 Å². The number of ether oxygens (including phenoxy) is 1. The van der Waals surface area contributed by atoms with Crippen LogP contribution in [0.1, 0.15) is 5.69 Å². The molecule has 0 saturated carbocycles. The van der Waals surface area contributed by atoms with Crippen molar-refractivity contribution in [1.29, 1.82) is 0 Å². The number of aromatic nitrogens is 2. The van der Waals surface area contributed by atoms with Gasteiger partial charge in [0.05, 0.1) is 22.5 Å². The monoisotopic (exact) mass is 286 g/mol. The Balaban J connectivity index is 2.23. The maximum Gasteiger partial charge on any atom is 0.116 e. The molecule has 3 nitrogen and oxygen atoms in total. The third-order valence-electron chi connectivity index (χ3n) is 2.08. The minimum Gasteiger partial charge on any atom is -0.384 e. The summed E-state index contributed by atoms with van der Waals surface area (Å²) in [7, 11) is 1.70. The Bertz CT molecular complexity index is 446. The van der Waals surface area contributed by atoms with E-state index in [1.54, 1.807) is 24.8 Å². The number of hydrogen-bond donors (Lipinski definition) is 0. The molecule has 1 unspecified atom stereocenters. The van der Waals surface area contributed by atoms with Gasteiger partial charge in [0.15, 0.2) is 0 Å². The van der Waals surface area contributed by atoms with Gasteiger partial charge in [-0.2, -0.15) is 0 Å². The fraction of sp³-hybridized carbons (Fsp3) is 0.400. The van der Waals surface area contributed by atoms with E-state index < -0.39 is 0 Å². The van der Waals surface area contributed by atoms with Crippen molar-refractivity contribution in [3.8, 4) is 0 Å². The van der Waals surface area contributed by atoms with E-state index in [9.17, 15) is 0 Å². The van der Waals surface area contributed by atoms with Gasteiger partial charge in [-0.1, -0.05) is 15.9 Å². The van der Waals surface area contributed by atoms with E-state index in [2.05, 4.69) is 25.9 Å². The van der Waals surface area contributed by atoms with Gasteiger partial charge in [0.25, 0.3) is 0 Å². The molecule has 15 heavy (non-hydrogen) atoms. The molecular weight excluding hydrogens is 276 g/mol. The summed E-state index contributed by atoms with van der Waals surface area (Å²) in [5, 5.41) is 2.04. The highest BCUT2D eigenvalue weighted by atomic mass is 79.9. The second kappa shape index (κ2) is 5.01. The van der Waals surface area contributed by atoms with Gasteiger partial charge in [0.1, 0.15) is 6.33 Å². The molecule has 5 heteroatoms. The van der Waals surface area contributed by atoms with Gasteiger partial charge in [0, 0.05) is 18.4 Å². The molecule has 0 aliphatic carbocycles. The van der Waals surface area contributed by atoms with Gasteiger partial charge in [0.2, 0.25) is 0 Å². The highest BCUT2D eigenvalue weighted by molar-refractivity contribution is 9.09. The van der Waals surface area contributed by atoms with Crippen molar-refractivity contribution in [3.63, 3.8) is 0 Å². The Labute approximate surface area is 101 Å². The van der Waals surface area contributed by atoms with Gasteiger partial charge in [-0.25, -0.2) is 9.97 Å². The van der Waals surface area contributed by atoms with Crippen molar-refractivity contribution < 1.29 is 4.74 Å². The molecule has 80 valence electrons. The summed E-state index contributed by atoms with van der Waals surface area (Å²) in [6.07, 6.45) is 2.49. The average Bonchev–Trinajstić information content (AvgIpc) is 2.67. The van der Waals surface area contributed by atoms with Crippen LogP contribution in [0.2, 0.25) is 0 Å². The van der Waals surface area contributed by atoms with Gasteiger partial charge in [-0.05, 0) is 11.4 Å². The van der Waals surface area contributed by atoms with Crippen molar-refractivity contribution in [2.24, 2.45) is 0 Å². The van der Waals surface area contributed by atoms with E-state index in [1.807, 2.05) is 11.4 Å². The molecule has 0 N–H and O–H groups in total. The fourth-order valence-corrected chi connectivity index (χ4v) is 2.85. The first-order chi connectivity index (χ1) is 7.31. The van der Waals surface area contributed by atoms with E-state index in [4.69, 9.17) is 4.74 Å². The molecule has 0 aliphatic rings. The maximum absolute atomic E-state index is 5.08. The first kappa shape index (κ1) is 11.0. The zero-order chi connectivity index (χ0) is 10.7. The van der Waals surface area contributed by atoms with E-state index in [0.29, 0.717) is 11.4 Å². The normalized spacial score (nSPS) is 13.2. The second-order valence-electron chi connectivity index (χ2n) is 3.21. The summed E-state index contributed by atoms with van der Waals surface area (Å²) >= 11 is 5.26. The van der Waals surface area contributed by atoms with Crippen LogP contribution in [0.5, 0.6) is 0 Å². The van der Waals surface area contributed by atoms with E-state index in [-0.39, 0.29) is 0 Å². The summed E-state index contributed by atoms with van der Waals surface area (Å²) in [5.74, 6) is 0. The number of methoxy groups -OCH3 is 1. The van der Waals surface area contributed by atoms with Crippen molar-refractivity contribution >= 4 is 37.5 Å². The zero-order valence-electron chi connectivity index (χ0n) is 8.31. The molecule has 0 saturated heterocycles. The predicted octanol–water partition coefficient (Wildman–Crippen LogP) is 2.64. The minimum absolute atomic E-state index is 0.308. The van der Waals surface area contributed by atoms with Gasteiger partial charge in [-0.15, -0.1) is 11.3 Å². The number of rotatable bonds is 4. The van der Waals surface area contributed by atoms with Crippen LogP contribution in [0.4, 0.5) is 0 Å². The molecule has 0 radical (unpaired) electrons.